The summed E-state index contributed by atoms with van der Waals surface area (Å²) in [5.41, 5.74) is 0. The number of rotatable bonds is 2. The number of hydrogen-bond acceptors (Lipinski definition) is 2. The minimum Gasteiger partial charge on any atom is -0.307 e. The summed E-state index contributed by atoms with van der Waals surface area (Å²) in [6.45, 7) is 16.3. The zero-order chi connectivity index (χ0) is 12.6. The van der Waals surface area contributed by atoms with Crippen LogP contribution in [0.2, 0.25) is 0 Å². The average molecular weight is 204 g/mol. The summed E-state index contributed by atoms with van der Waals surface area (Å²) in [5, 5.41) is 0. The molecule has 1 atom stereocenters. The zero-order valence-electron chi connectivity index (χ0n) is 11.0. The van der Waals surface area contributed by atoms with E-state index in [1.165, 1.54) is 6.42 Å². The van der Waals surface area contributed by atoms with Crippen molar-refractivity contribution in [3.05, 3.63) is 0 Å². The molecule has 0 heterocycles. The molecule has 0 aliphatic carbocycles. The zero-order valence-corrected chi connectivity index (χ0v) is 11.0. The van der Waals surface area contributed by atoms with Gasteiger partial charge in [-0.15, -0.1) is 0 Å². The second kappa shape index (κ2) is 29.5. The molecule has 0 rings (SSSR count). The predicted octanol–water partition coefficient (Wildman–Crippen LogP) is 3.74. The molecule has 0 saturated carbocycles. The van der Waals surface area contributed by atoms with Crippen LogP contribution in [0.4, 0.5) is 0 Å². The molecule has 0 aromatic heterocycles. The standard InChI is InChI=1S/C6H12O.C3H8.C2H6.CH2O/c1-5(2)6(3)4-7;1-3-2;2*1-2/h4-6H,1-3H3;3H2,1-2H3;1-2H3;1H2. The van der Waals surface area contributed by atoms with E-state index in [0.29, 0.717) is 5.92 Å². The van der Waals surface area contributed by atoms with E-state index in [9.17, 15) is 4.79 Å². The molecule has 2 heteroatoms. The third-order valence-electron chi connectivity index (χ3n) is 1.27. The fourth-order valence-electron chi connectivity index (χ4n) is 0.157. The molecule has 0 aliphatic rings. The Labute approximate surface area is 90.1 Å². The molecule has 0 fully saturated rings. The summed E-state index contributed by atoms with van der Waals surface area (Å²) in [5.74, 6) is 0.720. The molecule has 0 radical (unpaired) electrons. The smallest absolute Gasteiger partial charge is 0.123 e. The SMILES string of the molecule is C=O.CC.CC(C)C(C)C=O.CCC. The van der Waals surface area contributed by atoms with Gasteiger partial charge in [-0.3, -0.25) is 0 Å². The normalized spacial score (nSPS) is 9.14. The van der Waals surface area contributed by atoms with Gasteiger partial charge in [0.2, 0.25) is 0 Å². The summed E-state index contributed by atoms with van der Waals surface area (Å²) in [6, 6.07) is 0. The molecule has 0 aliphatic heterocycles. The van der Waals surface area contributed by atoms with Gasteiger partial charge in [-0.05, 0) is 5.92 Å². The molecule has 0 amide bonds. The van der Waals surface area contributed by atoms with Crippen molar-refractivity contribution in [2.45, 2.75) is 54.9 Å². The molecular weight excluding hydrogens is 176 g/mol. The van der Waals surface area contributed by atoms with Crippen molar-refractivity contribution >= 4 is 13.1 Å². The maximum atomic E-state index is 9.95. The van der Waals surface area contributed by atoms with Gasteiger partial charge in [0.15, 0.2) is 0 Å². The van der Waals surface area contributed by atoms with E-state index >= 15 is 0 Å². The monoisotopic (exact) mass is 204 g/mol. The van der Waals surface area contributed by atoms with Gasteiger partial charge < -0.3 is 9.59 Å². The van der Waals surface area contributed by atoms with Crippen molar-refractivity contribution in [3.63, 3.8) is 0 Å². The van der Waals surface area contributed by atoms with Gasteiger partial charge in [0.25, 0.3) is 0 Å². The van der Waals surface area contributed by atoms with Crippen LogP contribution in [0, 0.1) is 11.8 Å². The first-order chi connectivity index (χ1) is 6.59. The number of carbonyl (C=O) groups is 2. The number of carbonyl (C=O) groups excluding carboxylic acids is 2. The van der Waals surface area contributed by atoms with Crippen molar-refractivity contribution in [2.75, 3.05) is 0 Å². The van der Waals surface area contributed by atoms with Crippen LogP contribution in [0.5, 0.6) is 0 Å². The molecule has 0 aromatic carbocycles. The second-order valence-electron chi connectivity index (χ2n) is 2.95. The largest absolute Gasteiger partial charge is 0.307 e. The Morgan fingerprint density at radius 1 is 1.07 bits per heavy atom. The summed E-state index contributed by atoms with van der Waals surface area (Å²) in [7, 11) is 0. The van der Waals surface area contributed by atoms with Crippen LogP contribution in [0.25, 0.3) is 0 Å². The van der Waals surface area contributed by atoms with Crippen LogP contribution in [0.1, 0.15) is 54.9 Å². The van der Waals surface area contributed by atoms with Crippen molar-refractivity contribution in [1.29, 1.82) is 0 Å². The quantitative estimate of drug-likeness (QED) is 0.642. The highest BCUT2D eigenvalue weighted by atomic mass is 16.1. The van der Waals surface area contributed by atoms with Gasteiger partial charge in [-0.25, -0.2) is 0 Å². The Kier molecular flexibility index (Phi) is 49.0. The van der Waals surface area contributed by atoms with Crippen molar-refractivity contribution in [2.24, 2.45) is 11.8 Å². The summed E-state index contributed by atoms with van der Waals surface area (Å²) < 4.78 is 0. The highest BCUT2D eigenvalue weighted by Crippen LogP contribution is 2.04. The lowest BCUT2D eigenvalue weighted by molar-refractivity contribution is -0.111. The average Bonchev–Trinajstić information content (AvgIpc) is 2.23. The lowest BCUT2D eigenvalue weighted by Gasteiger charge is -2.04. The lowest BCUT2D eigenvalue weighted by Crippen LogP contribution is -2.03. The molecular formula is C12H28O2. The molecule has 0 bridgehead atoms. The van der Waals surface area contributed by atoms with E-state index in [0.717, 1.165) is 6.29 Å². The molecule has 1 unspecified atom stereocenters. The summed E-state index contributed by atoms with van der Waals surface area (Å²) in [6.07, 6.45) is 2.24. The maximum Gasteiger partial charge on any atom is 0.123 e. The highest BCUT2D eigenvalue weighted by molar-refractivity contribution is 5.52. The summed E-state index contributed by atoms with van der Waals surface area (Å²) in [4.78, 5) is 17.9. The molecule has 0 saturated heterocycles. The van der Waals surface area contributed by atoms with E-state index in [1.54, 1.807) is 0 Å². The Morgan fingerprint density at radius 3 is 1.29 bits per heavy atom. The molecule has 14 heavy (non-hydrogen) atoms. The van der Waals surface area contributed by atoms with Gasteiger partial charge >= 0.3 is 0 Å². The molecule has 2 nitrogen and oxygen atoms in total. The van der Waals surface area contributed by atoms with Crippen LogP contribution in [0.15, 0.2) is 0 Å². The van der Waals surface area contributed by atoms with Crippen molar-refractivity contribution < 1.29 is 9.59 Å². The van der Waals surface area contributed by atoms with Crippen LogP contribution in [-0.4, -0.2) is 13.1 Å². The van der Waals surface area contributed by atoms with E-state index in [2.05, 4.69) is 13.8 Å². The van der Waals surface area contributed by atoms with E-state index in [4.69, 9.17) is 4.79 Å². The molecule has 0 spiro atoms. The third-order valence-corrected chi connectivity index (χ3v) is 1.27. The second-order valence-corrected chi connectivity index (χ2v) is 2.95. The van der Waals surface area contributed by atoms with Gasteiger partial charge in [-0.1, -0.05) is 54.9 Å². The number of hydrogen-bond donors (Lipinski definition) is 0. The van der Waals surface area contributed by atoms with Crippen LogP contribution in [-0.2, 0) is 9.59 Å². The minimum atomic E-state index is 0.222. The first kappa shape index (κ1) is 23.3. The fraction of sp³-hybridized carbons (Fsp3) is 0.833. The fourth-order valence-corrected chi connectivity index (χ4v) is 0.157. The Hall–Kier alpha value is -0.660. The van der Waals surface area contributed by atoms with Crippen LogP contribution in [0.3, 0.4) is 0 Å². The molecule has 88 valence electrons. The van der Waals surface area contributed by atoms with Gasteiger partial charge in [-0.2, -0.15) is 0 Å². The Morgan fingerprint density at radius 2 is 1.29 bits per heavy atom. The highest BCUT2D eigenvalue weighted by Gasteiger charge is 2.02. The van der Waals surface area contributed by atoms with E-state index in [-0.39, 0.29) is 5.92 Å². The van der Waals surface area contributed by atoms with E-state index in [1.807, 2.05) is 41.4 Å². The number of aldehydes is 1. The van der Waals surface area contributed by atoms with E-state index < -0.39 is 0 Å². The predicted molar refractivity (Wildman–Crippen MR) is 64.5 cm³/mol. The minimum absolute atomic E-state index is 0.222. The Balaban J connectivity index is -0.0000000603. The van der Waals surface area contributed by atoms with Crippen molar-refractivity contribution in [1.82, 2.24) is 0 Å². The van der Waals surface area contributed by atoms with Gasteiger partial charge in [0.1, 0.15) is 13.1 Å². The van der Waals surface area contributed by atoms with Gasteiger partial charge in [0.05, 0.1) is 0 Å². The lowest BCUT2D eigenvalue weighted by atomic mass is 10.0. The van der Waals surface area contributed by atoms with Crippen LogP contribution < -0.4 is 0 Å². The summed E-state index contributed by atoms with van der Waals surface area (Å²) >= 11 is 0. The van der Waals surface area contributed by atoms with Gasteiger partial charge in [0, 0.05) is 5.92 Å². The topological polar surface area (TPSA) is 34.1 Å². The first-order valence-corrected chi connectivity index (χ1v) is 5.34. The van der Waals surface area contributed by atoms with Crippen molar-refractivity contribution in [3.8, 4) is 0 Å². The first-order valence-electron chi connectivity index (χ1n) is 5.34. The Bertz CT molecular complexity index is 80.4. The molecule has 0 aromatic rings. The molecule has 0 N–H and O–H groups in total. The third kappa shape index (κ3) is 42.5. The maximum absolute atomic E-state index is 9.95. The van der Waals surface area contributed by atoms with Crippen LogP contribution >= 0.6 is 0 Å².